The third-order valence-corrected chi connectivity index (χ3v) is 7.31. The van der Waals surface area contributed by atoms with Crippen molar-refractivity contribution >= 4 is 33.2 Å². The smallest absolute Gasteiger partial charge is 0.376 e. The Labute approximate surface area is 205 Å². The number of amides is 2. The van der Waals surface area contributed by atoms with Crippen molar-refractivity contribution in [2.24, 2.45) is 0 Å². The molecule has 36 heavy (non-hydrogen) atoms. The van der Waals surface area contributed by atoms with Gasteiger partial charge in [-0.25, -0.2) is 4.79 Å². The van der Waals surface area contributed by atoms with Crippen molar-refractivity contribution < 1.29 is 30.6 Å². The number of para-hydroxylation sites is 2. The minimum Gasteiger partial charge on any atom is -0.376 e. The zero-order valence-corrected chi connectivity index (χ0v) is 19.7. The maximum Gasteiger partial charge on any atom is 0.534 e. The molecule has 0 saturated carbocycles. The molecule has 2 aliphatic heterocycles. The minimum absolute atomic E-state index is 0.0887. The first-order valence-corrected chi connectivity index (χ1v) is 12.6. The molecule has 1 atom stereocenters. The number of aromatic nitrogens is 2. The molecule has 1 N–H and O–H groups in total. The quantitative estimate of drug-likeness (QED) is 0.408. The highest BCUT2D eigenvalue weighted by Crippen LogP contribution is 2.39. The molecular formula is C23H22F3N5O4S. The van der Waals surface area contributed by atoms with Crippen molar-refractivity contribution in [3.8, 4) is 5.75 Å². The fourth-order valence-electron chi connectivity index (χ4n) is 4.54. The summed E-state index contributed by atoms with van der Waals surface area (Å²) in [5.74, 6) is -0.217. The van der Waals surface area contributed by atoms with E-state index in [-0.39, 0.29) is 11.9 Å². The highest BCUT2D eigenvalue weighted by molar-refractivity contribution is 7.88. The summed E-state index contributed by atoms with van der Waals surface area (Å²) in [5, 5.41) is 6.81. The summed E-state index contributed by atoms with van der Waals surface area (Å²) in [4.78, 5) is 18.9. The number of carbonyl (C=O) groups is 1. The molecule has 0 bridgehead atoms. The zero-order valence-electron chi connectivity index (χ0n) is 18.9. The van der Waals surface area contributed by atoms with Crippen LogP contribution in [0.15, 0.2) is 60.9 Å². The first-order valence-electron chi connectivity index (χ1n) is 11.2. The van der Waals surface area contributed by atoms with E-state index >= 15 is 0 Å². The number of carbonyl (C=O) groups excluding carboxylic acids is 1. The Balaban J connectivity index is 1.33. The molecule has 9 nitrogen and oxygen atoms in total. The van der Waals surface area contributed by atoms with Crippen LogP contribution in [0.25, 0.3) is 0 Å². The Morgan fingerprint density at radius 2 is 1.75 bits per heavy atom. The fourth-order valence-corrected chi connectivity index (χ4v) is 5.00. The third-order valence-electron chi connectivity index (χ3n) is 6.33. The molecule has 0 radical (unpaired) electrons. The Hall–Kier alpha value is -3.74. The summed E-state index contributed by atoms with van der Waals surface area (Å²) in [7, 11) is -5.75. The number of likely N-dealkylation sites (tertiary alicyclic amines) is 1. The number of anilines is 3. The molecule has 1 unspecified atom stereocenters. The first kappa shape index (κ1) is 24.0. The van der Waals surface area contributed by atoms with Crippen LogP contribution < -0.4 is 14.0 Å². The SMILES string of the molecule is O=C(N1CCC(c2cn[nH]c2)C1)N1CCN(c2ccc(OS(=O)(=O)C(F)(F)F)cc2)c2ccccc21. The maximum atomic E-state index is 13.4. The summed E-state index contributed by atoms with van der Waals surface area (Å²) in [6.07, 6.45) is 4.48. The van der Waals surface area contributed by atoms with Gasteiger partial charge in [0.25, 0.3) is 0 Å². The van der Waals surface area contributed by atoms with Crippen molar-refractivity contribution in [2.45, 2.75) is 17.8 Å². The number of fused-ring (bicyclic) bond motifs is 1. The molecule has 1 saturated heterocycles. The number of nitrogens with zero attached hydrogens (tertiary/aromatic N) is 4. The molecule has 1 fully saturated rings. The Morgan fingerprint density at radius 3 is 2.42 bits per heavy atom. The van der Waals surface area contributed by atoms with Gasteiger partial charge in [-0.05, 0) is 48.4 Å². The zero-order chi connectivity index (χ0) is 25.5. The van der Waals surface area contributed by atoms with Gasteiger partial charge in [0, 0.05) is 44.0 Å². The van der Waals surface area contributed by atoms with E-state index < -0.39 is 21.4 Å². The lowest BCUT2D eigenvalue weighted by atomic mass is 10.0. The summed E-state index contributed by atoms with van der Waals surface area (Å²) < 4.78 is 64.5. The molecule has 13 heteroatoms. The van der Waals surface area contributed by atoms with Gasteiger partial charge in [0.1, 0.15) is 5.75 Å². The molecule has 3 aromatic rings. The van der Waals surface area contributed by atoms with Crippen LogP contribution in [0.2, 0.25) is 0 Å². The number of nitrogens with one attached hydrogen (secondary N) is 1. The molecule has 1 aromatic heterocycles. The molecular weight excluding hydrogens is 499 g/mol. The van der Waals surface area contributed by atoms with Gasteiger partial charge in [0.15, 0.2) is 0 Å². The Morgan fingerprint density at radius 1 is 1.03 bits per heavy atom. The van der Waals surface area contributed by atoms with E-state index in [9.17, 15) is 26.4 Å². The van der Waals surface area contributed by atoms with Crippen LogP contribution in [0.1, 0.15) is 17.9 Å². The van der Waals surface area contributed by atoms with Gasteiger partial charge >= 0.3 is 21.7 Å². The van der Waals surface area contributed by atoms with Crippen LogP contribution in [0.4, 0.5) is 35.0 Å². The van der Waals surface area contributed by atoms with Crippen molar-refractivity contribution in [3.63, 3.8) is 0 Å². The predicted octanol–water partition coefficient (Wildman–Crippen LogP) is 4.21. The average molecular weight is 522 g/mol. The number of urea groups is 1. The summed E-state index contributed by atoms with van der Waals surface area (Å²) in [6, 6.07) is 12.6. The van der Waals surface area contributed by atoms with Crippen molar-refractivity contribution in [1.29, 1.82) is 0 Å². The summed E-state index contributed by atoms with van der Waals surface area (Å²) >= 11 is 0. The lowest BCUT2D eigenvalue weighted by Gasteiger charge is -2.39. The van der Waals surface area contributed by atoms with Crippen molar-refractivity contribution in [1.82, 2.24) is 15.1 Å². The fraction of sp³-hybridized carbons (Fsp3) is 0.304. The predicted molar refractivity (Wildman–Crippen MR) is 126 cm³/mol. The van der Waals surface area contributed by atoms with Crippen molar-refractivity contribution in [2.75, 3.05) is 36.0 Å². The number of H-pyrrole nitrogens is 1. The molecule has 2 aliphatic rings. The number of hydrogen-bond acceptors (Lipinski definition) is 6. The van der Waals surface area contributed by atoms with E-state index in [0.29, 0.717) is 37.6 Å². The molecule has 5 rings (SSSR count). The van der Waals surface area contributed by atoms with E-state index in [0.717, 1.165) is 17.7 Å². The monoisotopic (exact) mass is 521 g/mol. The first-order chi connectivity index (χ1) is 17.1. The highest BCUT2D eigenvalue weighted by atomic mass is 32.2. The number of hydrogen-bond donors (Lipinski definition) is 1. The van der Waals surface area contributed by atoms with Gasteiger partial charge < -0.3 is 14.0 Å². The molecule has 3 heterocycles. The molecule has 0 aliphatic carbocycles. The average Bonchev–Trinajstić information content (AvgIpc) is 3.55. The van der Waals surface area contributed by atoms with E-state index in [1.54, 1.807) is 11.1 Å². The number of aromatic amines is 1. The van der Waals surface area contributed by atoms with Gasteiger partial charge in [-0.3, -0.25) is 10.00 Å². The second-order valence-corrected chi connectivity index (χ2v) is 10.1. The van der Waals surface area contributed by atoms with E-state index in [1.807, 2.05) is 40.3 Å². The number of halogens is 3. The van der Waals surface area contributed by atoms with Crippen LogP contribution in [0.3, 0.4) is 0 Å². The van der Waals surface area contributed by atoms with E-state index in [4.69, 9.17) is 0 Å². The molecule has 0 spiro atoms. The summed E-state index contributed by atoms with van der Waals surface area (Å²) in [6.45, 7) is 2.06. The second-order valence-electron chi connectivity index (χ2n) is 8.51. The molecule has 2 amide bonds. The van der Waals surface area contributed by atoms with Gasteiger partial charge in [-0.2, -0.15) is 26.7 Å². The van der Waals surface area contributed by atoms with Crippen LogP contribution in [0, 0.1) is 0 Å². The normalized spacial score (nSPS) is 18.3. The van der Waals surface area contributed by atoms with E-state index in [2.05, 4.69) is 14.4 Å². The lowest BCUT2D eigenvalue weighted by molar-refractivity contribution is -0.0500. The molecule has 190 valence electrons. The maximum absolute atomic E-state index is 13.4. The number of benzene rings is 2. The second kappa shape index (κ2) is 9.04. The lowest BCUT2D eigenvalue weighted by Crippen LogP contribution is -2.48. The highest BCUT2D eigenvalue weighted by Gasteiger charge is 2.48. The number of rotatable bonds is 4. The Kier molecular flexibility index (Phi) is 6.02. The topological polar surface area (TPSA) is 98.8 Å². The van der Waals surface area contributed by atoms with Crippen LogP contribution in [-0.4, -0.2) is 61.2 Å². The van der Waals surface area contributed by atoms with Gasteiger partial charge in [0.2, 0.25) is 0 Å². The van der Waals surface area contributed by atoms with Gasteiger partial charge in [-0.1, -0.05) is 12.1 Å². The Bertz CT molecular complexity index is 1350. The standard InChI is InChI=1S/C23H22F3N5O4S/c24-23(25,26)36(33,34)35-19-7-5-18(6-8-19)30-11-12-31(21-4-2-1-3-20(21)30)22(32)29-10-9-16(15-29)17-13-27-28-14-17/h1-8,13-14,16H,9-12,15H2,(H,27,28). The largest absolute Gasteiger partial charge is 0.534 e. The van der Waals surface area contributed by atoms with Crippen LogP contribution in [0.5, 0.6) is 5.75 Å². The van der Waals surface area contributed by atoms with Gasteiger partial charge in [-0.15, -0.1) is 0 Å². The van der Waals surface area contributed by atoms with Crippen LogP contribution >= 0.6 is 0 Å². The minimum atomic E-state index is -5.75. The number of alkyl halides is 3. The van der Waals surface area contributed by atoms with Gasteiger partial charge in [0.05, 0.1) is 17.6 Å². The van der Waals surface area contributed by atoms with Crippen LogP contribution in [-0.2, 0) is 10.1 Å². The van der Waals surface area contributed by atoms with Crippen molar-refractivity contribution in [3.05, 3.63) is 66.5 Å². The third kappa shape index (κ3) is 4.45. The molecule has 2 aromatic carbocycles. The van der Waals surface area contributed by atoms with E-state index in [1.165, 1.54) is 24.3 Å². The summed E-state index contributed by atoms with van der Waals surface area (Å²) in [5.41, 5.74) is -2.36.